The summed E-state index contributed by atoms with van der Waals surface area (Å²) in [6.07, 6.45) is 0. The molecule has 2 aromatic carbocycles. The molecule has 3 aromatic rings. The van der Waals surface area contributed by atoms with Gasteiger partial charge in [-0.15, -0.1) is 0 Å². The Hall–Kier alpha value is -1.52. The molecule has 0 unspecified atom stereocenters. The Labute approximate surface area is 128 Å². The van der Waals surface area contributed by atoms with E-state index < -0.39 is 0 Å². The Morgan fingerprint density at radius 1 is 1.20 bits per heavy atom. The third-order valence-corrected chi connectivity index (χ3v) is 4.00. The lowest BCUT2D eigenvalue weighted by atomic mass is 10.2. The van der Waals surface area contributed by atoms with Gasteiger partial charge < -0.3 is 9.73 Å². The van der Waals surface area contributed by atoms with Gasteiger partial charge in [-0.1, -0.05) is 18.2 Å². The van der Waals surface area contributed by atoms with Gasteiger partial charge in [-0.05, 0) is 51.8 Å². The van der Waals surface area contributed by atoms with Crippen LogP contribution in [0.5, 0.6) is 0 Å². The van der Waals surface area contributed by atoms with Gasteiger partial charge >= 0.3 is 0 Å². The van der Waals surface area contributed by atoms with Crippen molar-refractivity contribution in [2.75, 3.05) is 5.32 Å². The molecular weight excluding hydrogens is 345 g/mol. The lowest BCUT2D eigenvalue weighted by Gasteiger charge is -2.08. The summed E-state index contributed by atoms with van der Waals surface area (Å²) in [5.74, 6) is -0.283. The lowest BCUT2D eigenvalue weighted by molar-refractivity contribution is 0.613. The number of anilines is 1. The van der Waals surface area contributed by atoms with Crippen molar-refractivity contribution >= 4 is 44.2 Å². The largest absolute Gasteiger partial charge is 0.444 e. The molecule has 0 aliphatic heterocycles. The minimum atomic E-state index is -0.283. The fourth-order valence-corrected chi connectivity index (χ4v) is 2.79. The predicted octanol–water partition coefficient (Wildman–Crippen LogP) is 5.60. The third-order valence-electron chi connectivity index (χ3n) is 3.04. The normalized spacial score (nSPS) is 10.9. The van der Waals surface area contributed by atoms with Gasteiger partial charge in [-0.2, -0.15) is 0 Å². The molecule has 0 spiro atoms. The first-order chi connectivity index (χ1) is 9.65. The second-order valence-corrected chi connectivity index (χ2v) is 5.53. The quantitative estimate of drug-likeness (QED) is 0.662. The SMILES string of the molecule is Fc1ccc(NCc2c(Cl)oc3ccccc23)c(Br)c1. The molecule has 0 radical (unpaired) electrons. The summed E-state index contributed by atoms with van der Waals surface area (Å²) in [5.41, 5.74) is 2.44. The van der Waals surface area contributed by atoms with Gasteiger partial charge in [0.15, 0.2) is 5.22 Å². The Bertz CT molecular complexity index is 772. The van der Waals surface area contributed by atoms with Gasteiger partial charge in [0.1, 0.15) is 11.4 Å². The zero-order valence-electron chi connectivity index (χ0n) is 10.3. The zero-order valence-corrected chi connectivity index (χ0v) is 12.6. The van der Waals surface area contributed by atoms with Crippen LogP contribution in [0.1, 0.15) is 5.56 Å². The van der Waals surface area contributed by atoms with Crippen molar-refractivity contribution in [1.82, 2.24) is 0 Å². The van der Waals surface area contributed by atoms with Crippen molar-refractivity contribution in [3.63, 3.8) is 0 Å². The lowest BCUT2D eigenvalue weighted by Crippen LogP contribution is -2.00. The van der Waals surface area contributed by atoms with Crippen LogP contribution >= 0.6 is 27.5 Å². The van der Waals surface area contributed by atoms with Gasteiger partial charge in [-0.25, -0.2) is 4.39 Å². The molecule has 0 aliphatic rings. The minimum Gasteiger partial charge on any atom is -0.444 e. The molecule has 3 rings (SSSR count). The highest BCUT2D eigenvalue weighted by Crippen LogP contribution is 2.31. The van der Waals surface area contributed by atoms with E-state index >= 15 is 0 Å². The van der Waals surface area contributed by atoms with Crippen LogP contribution in [-0.4, -0.2) is 0 Å². The Kier molecular flexibility index (Phi) is 3.68. The van der Waals surface area contributed by atoms with E-state index in [9.17, 15) is 4.39 Å². The Morgan fingerprint density at radius 2 is 2.00 bits per heavy atom. The van der Waals surface area contributed by atoms with Crippen molar-refractivity contribution in [2.24, 2.45) is 0 Å². The first-order valence-electron chi connectivity index (χ1n) is 6.00. The molecule has 0 bridgehead atoms. The number of hydrogen-bond acceptors (Lipinski definition) is 2. The van der Waals surface area contributed by atoms with E-state index in [0.29, 0.717) is 16.2 Å². The fraction of sp³-hybridized carbons (Fsp3) is 0.0667. The standard InChI is InChI=1S/C15H10BrClFNO/c16-12-7-9(18)5-6-13(12)19-8-11-10-3-1-2-4-14(10)20-15(11)17/h1-7,19H,8H2. The highest BCUT2D eigenvalue weighted by Gasteiger charge is 2.12. The monoisotopic (exact) mass is 353 g/mol. The van der Waals surface area contributed by atoms with Crippen molar-refractivity contribution in [3.8, 4) is 0 Å². The van der Waals surface area contributed by atoms with Crippen molar-refractivity contribution in [1.29, 1.82) is 0 Å². The van der Waals surface area contributed by atoms with E-state index in [4.69, 9.17) is 16.0 Å². The maximum Gasteiger partial charge on any atom is 0.199 e. The Morgan fingerprint density at radius 3 is 2.80 bits per heavy atom. The molecule has 102 valence electrons. The average Bonchev–Trinajstić information content (AvgIpc) is 2.74. The molecule has 0 saturated carbocycles. The number of furan rings is 1. The minimum absolute atomic E-state index is 0.283. The first-order valence-corrected chi connectivity index (χ1v) is 7.17. The van der Waals surface area contributed by atoms with E-state index in [1.165, 1.54) is 12.1 Å². The van der Waals surface area contributed by atoms with Crippen molar-refractivity contribution < 1.29 is 8.81 Å². The molecule has 5 heteroatoms. The van der Waals surface area contributed by atoms with Gasteiger partial charge in [-0.3, -0.25) is 0 Å². The number of benzene rings is 2. The van der Waals surface area contributed by atoms with Crippen molar-refractivity contribution in [2.45, 2.75) is 6.54 Å². The molecule has 1 heterocycles. The molecule has 1 aromatic heterocycles. The molecule has 0 amide bonds. The van der Waals surface area contributed by atoms with Gasteiger partial charge in [0.25, 0.3) is 0 Å². The molecule has 1 N–H and O–H groups in total. The summed E-state index contributed by atoms with van der Waals surface area (Å²) < 4.78 is 19.2. The van der Waals surface area contributed by atoms with E-state index in [1.54, 1.807) is 6.07 Å². The maximum atomic E-state index is 13.0. The van der Waals surface area contributed by atoms with E-state index in [1.807, 2.05) is 24.3 Å². The number of halogens is 3. The second kappa shape index (κ2) is 5.46. The van der Waals surface area contributed by atoms with Gasteiger partial charge in [0.2, 0.25) is 0 Å². The molecule has 0 aliphatic carbocycles. The Balaban J connectivity index is 1.88. The summed E-state index contributed by atoms with van der Waals surface area (Å²) >= 11 is 9.44. The number of para-hydroxylation sites is 1. The summed E-state index contributed by atoms with van der Waals surface area (Å²) in [7, 11) is 0. The first kappa shape index (κ1) is 13.5. The highest BCUT2D eigenvalue weighted by atomic mass is 79.9. The molecular formula is C15H10BrClFNO. The summed E-state index contributed by atoms with van der Waals surface area (Å²) in [6.45, 7) is 0.500. The van der Waals surface area contributed by atoms with E-state index in [2.05, 4.69) is 21.2 Å². The fourth-order valence-electron chi connectivity index (χ4n) is 2.05. The van der Waals surface area contributed by atoms with Crippen LogP contribution in [0.25, 0.3) is 11.0 Å². The van der Waals surface area contributed by atoms with Crippen LogP contribution in [0, 0.1) is 5.82 Å². The second-order valence-electron chi connectivity index (χ2n) is 4.33. The number of hydrogen-bond donors (Lipinski definition) is 1. The number of rotatable bonds is 3. The van der Waals surface area contributed by atoms with Crippen molar-refractivity contribution in [3.05, 3.63) is 63.5 Å². The van der Waals surface area contributed by atoms with Gasteiger partial charge in [0.05, 0.1) is 0 Å². The average molecular weight is 355 g/mol. The summed E-state index contributed by atoms with van der Waals surface area (Å²) in [4.78, 5) is 0. The van der Waals surface area contributed by atoms with E-state index in [-0.39, 0.29) is 5.82 Å². The molecule has 0 atom stereocenters. The van der Waals surface area contributed by atoms with Crippen LogP contribution in [0.15, 0.2) is 51.4 Å². The number of nitrogens with one attached hydrogen (secondary N) is 1. The molecule has 0 saturated heterocycles. The summed E-state index contributed by atoms with van der Waals surface area (Å²) in [6, 6.07) is 12.2. The molecule has 2 nitrogen and oxygen atoms in total. The topological polar surface area (TPSA) is 25.2 Å². The van der Waals surface area contributed by atoms with Crippen LogP contribution in [0.4, 0.5) is 10.1 Å². The highest BCUT2D eigenvalue weighted by molar-refractivity contribution is 9.10. The zero-order chi connectivity index (χ0) is 14.1. The smallest absolute Gasteiger partial charge is 0.199 e. The number of fused-ring (bicyclic) bond motifs is 1. The third kappa shape index (κ3) is 2.53. The van der Waals surface area contributed by atoms with Crippen LogP contribution in [0.3, 0.4) is 0 Å². The predicted molar refractivity (Wildman–Crippen MR) is 82.7 cm³/mol. The van der Waals surface area contributed by atoms with Crippen LogP contribution in [-0.2, 0) is 6.54 Å². The van der Waals surface area contributed by atoms with E-state index in [0.717, 1.165) is 22.2 Å². The van der Waals surface area contributed by atoms with Gasteiger partial charge in [0, 0.05) is 27.7 Å². The maximum absolute atomic E-state index is 13.0. The molecule has 20 heavy (non-hydrogen) atoms. The summed E-state index contributed by atoms with van der Waals surface area (Å²) in [5, 5.41) is 4.56. The van der Waals surface area contributed by atoms with Crippen LogP contribution in [0.2, 0.25) is 5.22 Å². The molecule has 0 fully saturated rings. The van der Waals surface area contributed by atoms with Crippen LogP contribution < -0.4 is 5.32 Å².